The molecule has 2 unspecified atom stereocenters. The Kier molecular flexibility index (Phi) is 6.35. The van der Waals surface area contributed by atoms with E-state index in [4.69, 9.17) is 4.74 Å². The summed E-state index contributed by atoms with van der Waals surface area (Å²) in [7, 11) is 0. The molecule has 0 radical (unpaired) electrons. The Balaban J connectivity index is 1.52. The molecule has 3 rings (SSSR count). The lowest BCUT2D eigenvalue weighted by Crippen LogP contribution is -2.45. The third-order valence-corrected chi connectivity index (χ3v) is 5.81. The van der Waals surface area contributed by atoms with Gasteiger partial charge in [-0.25, -0.2) is 4.79 Å². The molecule has 7 heteroatoms. The van der Waals surface area contributed by atoms with Gasteiger partial charge >= 0.3 is 5.97 Å². The summed E-state index contributed by atoms with van der Waals surface area (Å²) < 4.78 is 5.07. The first-order valence-corrected chi connectivity index (χ1v) is 10.2. The van der Waals surface area contributed by atoms with Crippen molar-refractivity contribution in [1.82, 2.24) is 4.90 Å². The van der Waals surface area contributed by atoms with Crippen molar-refractivity contribution in [3.05, 3.63) is 29.8 Å². The van der Waals surface area contributed by atoms with Gasteiger partial charge in [-0.05, 0) is 43.4 Å². The summed E-state index contributed by atoms with van der Waals surface area (Å²) in [5.41, 5.74) is 1.77. The molecule has 1 saturated heterocycles. The van der Waals surface area contributed by atoms with Gasteiger partial charge in [0.1, 0.15) is 6.04 Å². The van der Waals surface area contributed by atoms with Gasteiger partial charge in [0.15, 0.2) is 6.61 Å². The van der Waals surface area contributed by atoms with E-state index in [9.17, 15) is 19.2 Å². The number of carbonyl (C=O) groups excluding carboxylic acids is 4. The van der Waals surface area contributed by atoms with Crippen molar-refractivity contribution in [2.45, 2.75) is 58.4 Å². The predicted molar refractivity (Wildman–Crippen MR) is 107 cm³/mol. The predicted octanol–water partition coefficient (Wildman–Crippen LogP) is 2.86. The molecule has 2 aliphatic rings. The van der Waals surface area contributed by atoms with E-state index in [2.05, 4.69) is 19.2 Å². The molecule has 3 atom stereocenters. The maximum Gasteiger partial charge on any atom is 0.329 e. The van der Waals surface area contributed by atoms with Crippen LogP contribution in [0.4, 0.5) is 5.69 Å². The molecule has 7 nitrogen and oxygen atoms in total. The Morgan fingerprint density at radius 1 is 1.03 bits per heavy atom. The highest BCUT2D eigenvalue weighted by atomic mass is 16.5. The molecular weight excluding hydrogens is 372 g/mol. The number of anilines is 1. The molecule has 1 aromatic rings. The van der Waals surface area contributed by atoms with Gasteiger partial charge < -0.3 is 10.1 Å². The molecule has 1 aliphatic heterocycles. The maximum absolute atomic E-state index is 12.6. The second kappa shape index (κ2) is 8.76. The number of fused-ring (bicyclic) bond motifs is 1. The molecule has 1 aliphatic carbocycles. The smallest absolute Gasteiger partial charge is 0.329 e. The molecule has 156 valence electrons. The van der Waals surface area contributed by atoms with Crippen molar-refractivity contribution < 1.29 is 23.9 Å². The fraction of sp³-hybridized carbons (Fsp3) is 0.545. The Hall–Kier alpha value is -2.70. The Morgan fingerprint density at radius 3 is 2.10 bits per heavy atom. The normalized spacial score (nSPS) is 22.4. The van der Waals surface area contributed by atoms with E-state index in [0.29, 0.717) is 24.4 Å². The average molecular weight is 400 g/mol. The fourth-order valence-electron chi connectivity index (χ4n) is 4.08. The highest BCUT2D eigenvalue weighted by Crippen LogP contribution is 2.38. The molecule has 0 bridgehead atoms. The Labute approximate surface area is 170 Å². The molecule has 1 heterocycles. The van der Waals surface area contributed by atoms with E-state index in [1.807, 2.05) is 12.1 Å². The number of esters is 1. The molecule has 3 amide bonds. The number of hydrogen-bond donors (Lipinski definition) is 1. The van der Waals surface area contributed by atoms with Gasteiger partial charge in [-0.2, -0.15) is 0 Å². The van der Waals surface area contributed by atoms with Gasteiger partial charge in [0.05, 0.1) is 11.8 Å². The number of ether oxygens (including phenoxy) is 1. The van der Waals surface area contributed by atoms with E-state index in [-0.39, 0.29) is 23.7 Å². The first-order valence-electron chi connectivity index (χ1n) is 10.2. The molecular formula is C22H28N2O5. The van der Waals surface area contributed by atoms with Crippen LogP contribution in [0.25, 0.3) is 0 Å². The Morgan fingerprint density at radius 2 is 1.59 bits per heavy atom. The minimum absolute atomic E-state index is 0.293. The van der Waals surface area contributed by atoms with Crippen molar-refractivity contribution >= 4 is 29.4 Å². The topological polar surface area (TPSA) is 92.8 Å². The van der Waals surface area contributed by atoms with Crippen LogP contribution in [0.3, 0.4) is 0 Å². The first-order chi connectivity index (χ1) is 13.8. The van der Waals surface area contributed by atoms with Crippen molar-refractivity contribution in [2.24, 2.45) is 11.8 Å². The van der Waals surface area contributed by atoms with E-state index in [1.54, 1.807) is 12.1 Å². The molecule has 2 fully saturated rings. The zero-order valence-electron chi connectivity index (χ0n) is 17.1. The lowest BCUT2D eigenvalue weighted by Gasteiger charge is -2.21. The minimum atomic E-state index is -1.03. The van der Waals surface area contributed by atoms with E-state index in [1.165, 1.54) is 6.92 Å². The highest BCUT2D eigenvalue weighted by Gasteiger charge is 2.51. The maximum atomic E-state index is 12.6. The highest BCUT2D eigenvalue weighted by molar-refractivity contribution is 6.08. The van der Waals surface area contributed by atoms with Gasteiger partial charge in [-0.1, -0.05) is 38.8 Å². The van der Waals surface area contributed by atoms with Gasteiger partial charge in [0.25, 0.3) is 5.91 Å². The quantitative estimate of drug-likeness (QED) is 0.585. The van der Waals surface area contributed by atoms with Crippen LogP contribution in [0.1, 0.15) is 57.9 Å². The third kappa shape index (κ3) is 4.49. The zero-order valence-corrected chi connectivity index (χ0v) is 17.1. The number of hydrogen-bond acceptors (Lipinski definition) is 5. The molecule has 0 aromatic heterocycles. The number of imide groups is 1. The molecule has 29 heavy (non-hydrogen) atoms. The fourth-order valence-corrected chi connectivity index (χ4v) is 4.08. The summed E-state index contributed by atoms with van der Waals surface area (Å²) >= 11 is 0. The largest absolute Gasteiger partial charge is 0.454 e. The van der Waals surface area contributed by atoms with Crippen molar-refractivity contribution in [3.8, 4) is 0 Å². The number of benzene rings is 1. The summed E-state index contributed by atoms with van der Waals surface area (Å²) in [6, 6.07) is 6.41. The number of likely N-dealkylation sites (tertiary alicyclic amines) is 1. The molecule has 1 N–H and O–H groups in total. The van der Waals surface area contributed by atoms with Crippen molar-refractivity contribution in [2.75, 3.05) is 11.9 Å². The number of amides is 3. The Bertz CT molecular complexity index is 778. The summed E-state index contributed by atoms with van der Waals surface area (Å²) in [5.74, 6) is -2.06. The van der Waals surface area contributed by atoms with Gasteiger partial charge in [-0.3, -0.25) is 19.3 Å². The first kappa shape index (κ1) is 21.0. The molecule has 1 aromatic carbocycles. The van der Waals surface area contributed by atoms with Crippen LogP contribution in [0.2, 0.25) is 0 Å². The minimum Gasteiger partial charge on any atom is -0.454 e. The number of carbonyl (C=O) groups is 4. The zero-order chi connectivity index (χ0) is 21.1. The van der Waals surface area contributed by atoms with Crippen LogP contribution in [-0.4, -0.2) is 41.2 Å². The third-order valence-electron chi connectivity index (χ3n) is 5.81. The van der Waals surface area contributed by atoms with E-state index < -0.39 is 24.5 Å². The second-order valence-electron chi connectivity index (χ2n) is 8.15. The number of nitrogens with zero attached hydrogens (tertiary/aromatic N) is 1. The average Bonchev–Trinajstić information content (AvgIpc) is 2.96. The van der Waals surface area contributed by atoms with Crippen LogP contribution in [0.5, 0.6) is 0 Å². The van der Waals surface area contributed by atoms with Crippen LogP contribution < -0.4 is 5.32 Å². The van der Waals surface area contributed by atoms with E-state index >= 15 is 0 Å². The lowest BCUT2D eigenvalue weighted by atomic mass is 9.81. The summed E-state index contributed by atoms with van der Waals surface area (Å²) in [6.07, 6.45) is 3.22. The monoisotopic (exact) mass is 400 g/mol. The second-order valence-corrected chi connectivity index (χ2v) is 8.15. The molecule has 1 saturated carbocycles. The van der Waals surface area contributed by atoms with Crippen LogP contribution in [0.15, 0.2) is 24.3 Å². The number of rotatable bonds is 6. The van der Waals surface area contributed by atoms with Crippen LogP contribution in [-0.2, 0) is 23.9 Å². The molecule has 0 spiro atoms. The van der Waals surface area contributed by atoms with Crippen molar-refractivity contribution in [3.63, 3.8) is 0 Å². The summed E-state index contributed by atoms with van der Waals surface area (Å²) in [5, 5.41) is 2.67. The standard InChI is InChI=1S/C22H28N2O5/c1-13(2)15-8-10-16(11-9-15)23-19(25)12-29-22(28)14(3)24-20(26)17-6-4-5-7-18(17)21(24)27/h8-11,13-14,17-18H,4-7,12H2,1-3H3,(H,23,25)/t14-,17?,18?/m0/s1. The van der Waals surface area contributed by atoms with Gasteiger partial charge in [-0.15, -0.1) is 0 Å². The van der Waals surface area contributed by atoms with Crippen LogP contribution in [0, 0.1) is 11.8 Å². The van der Waals surface area contributed by atoms with Crippen LogP contribution >= 0.6 is 0 Å². The number of nitrogens with one attached hydrogen (secondary N) is 1. The summed E-state index contributed by atoms with van der Waals surface area (Å²) in [4.78, 5) is 50.6. The van der Waals surface area contributed by atoms with E-state index in [0.717, 1.165) is 23.3 Å². The summed E-state index contributed by atoms with van der Waals surface area (Å²) in [6.45, 7) is 5.16. The lowest BCUT2D eigenvalue weighted by molar-refractivity contribution is -0.159. The SMILES string of the molecule is CC(C)c1ccc(NC(=O)COC(=O)[C@H](C)N2C(=O)C3CCCCC3C2=O)cc1. The van der Waals surface area contributed by atoms with Crippen molar-refractivity contribution in [1.29, 1.82) is 0 Å². The van der Waals surface area contributed by atoms with Gasteiger partial charge in [0, 0.05) is 5.69 Å². The van der Waals surface area contributed by atoms with Gasteiger partial charge in [0.2, 0.25) is 11.8 Å².